The van der Waals surface area contributed by atoms with E-state index >= 15 is 0 Å². The molecular formula is C19H17N3O2. The van der Waals surface area contributed by atoms with Crippen molar-refractivity contribution in [3.8, 4) is 0 Å². The monoisotopic (exact) mass is 319 g/mol. The Balaban J connectivity index is 2.39. The molecule has 0 saturated heterocycles. The molecule has 120 valence electrons. The number of ketones is 1. The Kier molecular flexibility index (Phi) is 2.91. The van der Waals surface area contributed by atoms with Crippen molar-refractivity contribution in [2.75, 3.05) is 19.0 Å². The van der Waals surface area contributed by atoms with Gasteiger partial charge in [0.05, 0.1) is 22.2 Å². The summed E-state index contributed by atoms with van der Waals surface area (Å²) < 4.78 is 1.37. The standard InChI is InChI=1S/C19H17N3O2/c1-10-16(11(2)23)18-13-7-5-6-12-15(21(3)4)9-8-14(17(12)13)19(24)22(18)20-10/h5-9H,1-4H3. The molecule has 0 saturated carbocycles. The highest BCUT2D eigenvalue weighted by Gasteiger charge is 2.21. The highest BCUT2D eigenvalue weighted by atomic mass is 16.1. The molecule has 0 aliphatic rings. The molecule has 2 aromatic carbocycles. The largest absolute Gasteiger partial charge is 0.377 e. The number of anilines is 1. The zero-order valence-corrected chi connectivity index (χ0v) is 14.0. The molecule has 0 spiro atoms. The quantitative estimate of drug-likeness (QED) is 0.533. The molecule has 0 bridgehead atoms. The predicted molar refractivity (Wildman–Crippen MR) is 96.7 cm³/mol. The van der Waals surface area contributed by atoms with Crippen LogP contribution in [0.25, 0.3) is 27.1 Å². The van der Waals surface area contributed by atoms with Crippen LogP contribution >= 0.6 is 0 Å². The fourth-order valence-electron chi connectivity index (χ4n) is 3.62. The maximum absolute atomic E-state index is 12.9. The molecular weight excluding hydrogens is 302 g/mol. The molecule has 5 nitrogen and oxygen atoms in total. The summed E-state index contributed by atoms with van der Waals surface area (Å²) in [5.41, 5.74) is 2.58. The second kappa shape index (κ2) is 4.77. The zero-order valence-electron chi connectivity index (χ0n) is 14.0. The van der Waals surface area contributed by atoms with E-state index in [0.29, 0.717) is 22.2 Å². The Bertz CT molecular complexity index is 1190. The lowest BCUT2D eigenvalue weighted by molar-refractivity contribution is 0.101. The number of Topliss-reactive ketones (excluding diaryl/α,β-unsaturated/α-hetero) is 1. The lowest BCUT2D eigenvalue weighted by Crippen LogP contribution is -2.16. The van der Waals surface area contributed by atoms with Crippen LogP contribution in [0.5, 0.6) is 0 Å². The molecule has 0 atom stereocenters. The molecule has 2 heterocycles. The van der Waals surface area contributed by atoms with Crippen molar-refractivity contribution in [2.24, 2.45) is 0 Å². The van der Waals surface area contributed by atoms with E-state index in [4.69, 9.17) is 0 Å². The molecule has 0 amide bonds. The molecule has 0 N–H and O–H groups in total. The molecule has 0 aliphatic heterocycles. The van der Waals surface area contributed by atoms with Gasteiger partial charge in [0.25, 0.3) is 5.56 Å². The lowest BCUT2D eigenvalue weighted by atomic mass is 9.98. The van der Waals surface area contributed by atoms with Crippen molar-refractivity contribution in [1.29, 1.82) is 0 Å². The first kappa shape index (κ1) is 14.6. The number of nitrogens with zero attached hydrogens (tertiary/aromatic N) is 3. The zero-order chi connectivity index (χ0) is 17.2. The van der Waals surface area contributed by atoms with Crippen LogP contribution in [-0.2, 0) is 0 Å². The van der Waals surface area contributed by atoms with Gasteiger partial charge in [-0.3, -0.25) is 9.59 Å². The number of aromatic nitrogens is 2. The maximum atomic E-state index is 12.9. The maximum Gasteiger partial charge on any atom is 0.279 e. The van der Waals surface area contributed by atoms with Crippen LogP contribution in [0.4, 0.5) is 5.69 Å². The van der Waals surface area contributed by atoms with E-state index in [2.05, 4.69) is 5.10 Å². The van der Waals surface area contributed by atoms with Gasteiger partial charge in [0, 0.05) is 35.9 Å². The van der Waals surface area contributed by atoms with Crippen LogP contribution in [-0.4, -0.2) is 29.5 Å². The van der Waals surface area contributed by atoms with E-state index in [1.54, 1.807) is 6.92 Å². The minimum Gasteiger partial charge on any atom is -0.377 e. The number of hydrogen-bond acceptors (Lipinski definition) is 4. The Hall–Kier alpha value is -2.95. The number of fused-ring (bicyclic) bond motifs is 2. The lowest BCUT2D eigenvalue weighted by Gasteiger charge is -2.17. The summed E-state index contributed by atoms with van der Waals surface area (Å²) >= 11 is 0. The highest BCUT2D eigenvalue weighted by Crippen LogP contribution is 2.35. The molecule has 4 rings (SSSR count). The molecule has 0 fully saturated rings. The van der Waals surface area contributed by atoms with Crippen LogP contribution in [0, 0.1) is 6.92 Å². The van der Waals surface area contributed by atoms with Gasteiger partial charge in [0.1, 0.15) is 0 Å². The fraction of sp³-hybridized carbons (Fsp3) is 0.211. The average Bonchev–Trinajstić information content (AvgIpc) is 2.89. The van der Waals surface area contributed by atoms with Crippen molar-refractivity contribution in [2.45, 2.75) is 13.8 Å². The number of pyridine rings is 1. The topological polar surface area (TPSA) is 54.7 Å². The third-order valence-electron chi connectivity index (χ3n) is 4.59. The molecule has 24 heavy (non-hydrogen) atoms. The molecule has 0 aliphatic carbocycles. The number of benzene rings is 2. The summed E-state index contributed by atoms with van der Waals surface area (Å²) in [5, 5.41) is 7.74. The first-order chi connectivity index (χ1) is 11.4. The van der Waals surface area contributed by atoms with Gasteiger partial charge in [-0.05, 0) is 26.0 Å². The Morgan fingerprint density at radius 1 is 1.08 bits per heavy atom. The van der Waals surface area contributed by atoms with Crippen LogP contribution < -0.4 is 10.5 Å². The molecule has 0 radical (unpaired) electrons. The SMILES string of the molecule is CC(=O)c1c(C)nn2c(=O)c3ccc(N(C)C)c4cccc(c43)c12. The van der Waals surface area contributed by atoms with Crippen molar-refractivity contribution in [3.63, 3.8) is 0 Å². The fourth-order valence-corrected chi connectivity index (χ4v) is 3.62. The third kappa shape index (κ3) is 1.72. The minimum absolute atomic E-state index is 0.0780. The van der Waals surface area contributed by atoms with Crippen molar-refractivity contribution in [1.82, 2.24) is 9.61 Å². The second-order valence-electron chi connectivity index (χ2n) is 6.34. The molecule has 0 unspecified atom stereocenters. The summed E-state index contributed by atoms with van der Waals surface area (Å²) in [7, 11) is 3.95. The van der Waals surface area contributed by atoms with Gasteiger partial charge in [-0.15, -0.1) is 0 Å². The Labute approximate surface area is 138 Å². The summed E-state index contributed by atoms with van der Waals surface area (Å²) in [4.78, 5) is 27.1. The van der Waals surface area contributed by atoms with E-state index in [1.807, 2.05) is 49.3 Å². The van der Waals surface area contributed by atoms with Crippen LogP contribution in [0.1, 0.15) is 23.0 Å². The Morgan fingerprint density at radius 2 is 1.79 bits per heavy atom. The minimum atomic E-state index is -0.186. The van der Waals surface area contributed by atoms with E-state index < -0.39 is 0 Å². The van der Waals surface area contributed by atoms with Gasteiger partial charge in [-0.2, -0.15) is 9.61 Å². The van der Waals surface area contributed by atoms with Gasteiger partial charge in [-0.1, -0.05) is 18.2 Å². The van der Waals surface area contributed by atoms with Crippen LogP contribution in [0.15, 0.2) is 35.1 Å². The smallest absolute Gasteiger partial charge is 0.279 e. The van der Waals surface area contributed by atoms with E-state index in [0.717, 1.165) is 21.8 Å². The third-order valence-corrected chi connectivity index (χ3v) is 4.59. The van der Waals surface area contributed by atoms with Crippen LogP contribution in [0.3, 0.4) is 0 Å². The van der Waals surface area contributed by atoms with Gasteiger partial charge in [-0.25, -0.2) is 0 Å². The Morgan fingerprint density at radius 3 is 2.46 bits per heavy atom. The summed E-state index contributed by atoms with van der Waals surface area (Å²) in [6.45, 7) is 3.28. The highest BCUT2D eigenvalue weighted by molar-refractivity contribution is 6.21. The first-order valence-electron chi connectivity index (χ1n) is 7.80. The number of carbonyl (C=O) groups is 1. The summed E-state index contributed by atoms with van der Waals surface area (Å²) in [6.07, 6.45) is 0. The van der Waals surface area contributed by atoms with Crippen molar-refractivity contribution >= 4 is 38.5 Å². The van der Waals surface area contributed by atoms with Gasteiger partial charge < -0.3 is 4.90 Å². The summed E-state index contributed by atoms with van der Waals surface area (Å²) in [6, 6.07) is 9.72. The second-order valence-corrected chi connectivity index (χ2v) is 6.34. The van der Waals surface area contributed by atoms with Crippen molar-refractivity contribution < 1.29 is 4.79 Å². The predicted octanol–water partition coefficient (Wildman–Crippen LogP) is 3.02. The van der Waals surface area contributed by atoms with E-state index in [9.17, 15) is 9.59 Å². The average molecular weight is 319 g/mol. The molecule has 2 aromatic heterocycles. The summed E-state index contributed by atoms with van der Waals surface area (Å²) in [5.74, 6) is -0.0780. The van der Waals surface area contributed by atoms with E-state index in [-0.39, 0.29) is 11.3 Å². The number of aryl methyl sites for hydroxylation is 1. The molecule has 5 heteroatoms. The number of carbonyl (C=O) groups excluding carboxylic acids is 1. The van der Waals surface area contributed by atoms with E-state index in [1.165, 1.54) is 11.4 Å². The number of hydrogen-bond donors (Lipinski definition) is 0. The number of rotatable bonds is 2. The van der Waals surface area contributed by atoms with Crippen LogP contribution in [0.2, 0.25) is 0 Å². The van der Waals surface area contributed by atoms with Crippen molar-refractivity contribution in [3.05, 3.63) is 51.9 Å². The van der Waals surface area contributed by atoms with Gasteiger partial charge in [0.2, 0.25) is 0 Å². The van der Waals surface area contributed by atoms with Gasteiger partial charge >= 0.3 is 0 Å². The molecule has 4 aromatic rings. The normalized spacial score (nSPS) is 11.7. The first-order valence-corrected chi connectivity index (χ1v) is 7.80. The van der Waals surface area contributed by atoms with Gasteiger partial charge in [0.15, 0.2) is 5.78 Å².